The zero-order valence-corrected chi connectivity index (χ0v) is 15.0. The lowest BCUT2D eigenvalue weighted by atomic mass is 10.0. The number of nitrogens with one attached hydrogen (secondary N) is 2. The van der Waals surface area contributed by atoms with Gasteiger partial charge in [-0.3, -0.25) is 0 Å². The van der Waals surface area contributed by atoms with Crippen LogP contribution in [0.1, 0.15) is 65.0 Å². The highest BCUT2D eigenvalue weighted by Crippen LogP contribution is 2.18. The molecule has 0 bridgehead atoms. The molecule has 0 saturated carbocycles. The highest BCUT2D eigenvalue weighted by Gasteiger charge is 2.15. The molecule has 0 radical (unpaired) electrons. The first-order valence-electron chi connectivity index (χ1n) is 8.67. The van der Waals surface area contributed by atoms with Crippen LogP contribution in [0.2, 0.25) is 0 Å². The Hall–Kier alpha value is -1.55. The van der Waals surface area contributed by atoms with Crippen molar-refractivity contribution in [3.63, 3.8) is 0 Å². The second kappa shape index (κ2) is 10.3. The molecule has 23 heavy (non-hydrogen) atoms. The molecule has 0 saturated heterocycles. The Balaban J connectivity index is 2.29. The summed E-state index contributed by atoms with van der Waals surface area (Å²) in [6.45, 7) is 9.31. The van der Waals surface area contributed by atoms with Crippen LogP contribution in [0.4, 0.5) is 4.79 Å². The quantitative estimate of drug-likeness (QED) is 0.662. The highest BCUT2D eigenvalue weighted by molar-refractivity contribution is 5.67. The minimum Gasteiger partial charge on any atom is -0.444 e. The predicted molar refractivity (Wildman–Crippen MR) is 95.6 cm³/mol. The standard InChI is InChI=1S/C19H32N2O2/c1-5-6-13-17(16-11-8-7-9-12-16)20-14-10-15-21-18(22)23-19(2,3)4/h7-9,11-12,17,20H,5-6,10,13-15H2,1-4H3,(H,21,22). The van der Waals surface area contributed by atoms with Gasteiger partial charge < -0.3 is 15.4 Å². The lowest BCUT2D eigenvalue weighted by Crippen LogP contribution is -2.34. The summed E-state index contributed by atoms with van der Waals surface area (Å²) in [6.07, 6.45) is 4.09. The number of hydrogen-bond acceptors (Lipinski definition) is 3. The van der Waals surface area contributed by atoms with E-state index in [0.717, 1.165) is 19.4 Å². The fraction of sp³-hybridized carbons (Fsp3) is 0.632. The summed E-state index contributed by atoms with van der Waals surface area (Å²) in [6, 6.07) is 10.9. The van der Waals surface area contributed by atoms with E-state index in [1.54, 1.807) is 0 Å². The van der Waals surface area contributed by atoms with Crippen LogP contribution < -0.4 is 10.6 Å². The van der Waals surface area contributed by atoms with Crippen molar-refractivity contribution < 1.29 is 9.53 Å². The number of alkyl carbamates (subject to hydrolysis) is 1. The molecule has 130 valence electrons. The van der Waals surface area contributed by atoms with Gasteiger partial charge >= 0.3 is 6.09 Å². The Morgan fingerprint density at radius 2 is 1.83 bits per heavy atom. The summed E-state index contributed by atoms with van der Waals surface area (Å²) in [7, 11) is 0. The maximum Gasteiger partial charge on any atom is 0.407 e. The van der Waals surface area contributed by atoms with E-state index in [4.69, 9.17) is 4.74 Å². The van der Waals surface area contributed by atoms with E-state index in [1.165, 1.54) is 18.4 Å². The fourth-order valence-electron chi connectivity index (χ4n) is 2.35. The second-order valence-electron chi connectivity index (χ2n) is 6.84. The number of unbranched alkanes of at least 4 members (excludes halogenated alkanes) is 1. The van der Waals surface area contributed by atoms with Gasteiger partial charge in [-0.1, -0.05) is 50.1 Å². The third-order valence-corrected chi connectivity index (χ3v) is 3.46. The molecule has 0 aliphatic heterocycles. The van der Waals surface area contributed by atoms with Crippen molar-refractivity contribution in [3.05, 3.63) is 35.9 Å². The van der Waals surface area contributed by atoms with Crippen LogP contribution in [0.25, 0.3) is 0 Å². The topological polar surface area (TPSA) is 50.4 Å². The van der Waals surface area contributed by atoms with Gasteiger partial charge in [0.05, 0.1) is 0 Å². The lowest BCUT2D eigenvalue weighted by molar-refractivity contribution is 0.0527. The van der Waals surface area contributed by atoms with Crippen molar-refractivity contribution in [1.82, 2.24) is 10.6 Å². The molecule has 0 spiro atoms. The summed E-state index contributed by atoms with van der Waals surface area (Å²) < 4.78 is 5.22. The van der Waals surface area contributed by atoms with Crippen molar-refractivity contribution in [2.24, 2.45) is 0 Å². The van der Waals surface area contributed by atoms with Crippen molar-refractivity contribution in [2.75, 3.05) is 13.1 Å². The second-order valence-corrected chi connectivity index (χ2v) is 6.84. The van der Waals surface area contributed by atoms with Crippen molar-refractivity contribution >= 4 is 6.09 Å². The third kappa shape index (κ3) is 9.24. The van der Waals surface area contributed by atoms with Gasteiger partial charge in [0.15, 0.2) is 0 Å². The Morgan fingerprint density at radius 1 is 1.13 bits per heavy atom. The number of rotatable bonds is 9. The van der Waals surface area contributed by atoms with Gasteiger partial charge in [-0.2, -0.15) is 0 Å². The molecule has 1 atom stereocenters. The van der Waals surface area contributed by atoms with E-state index in [1.807, 2.05) is 26.8 Å². The molecule has 1 unspecified atom stereocenters. The first kappa shape index (κ1) is 19.5. The van der Waals surface area contributed by atoms with Crippen LogP contribution in [-0.4, -0.2) is 24.8 Å². The minimum absolute atomic E-state index is 0.344. The van der Waals surface area contributed by atoms with Gasteiger partial charge in [-0.15, -0.1) is 0 Å². The number of hydrogen-bond donors (Lipinski definition) is 2. The summed E-state index contributed by atoms with van der Waals surface area (Å²) in [4.78, 5) is 11.6. The first-order chi connectivity index (χ1) is 10.9. The molecule has 2 N–H and O–H groups in total. The van der Waals surface area contributed by atoms with E-state index in [2.05, 4.69) is 41.8 Å². The number of benzene rings is 1. The Kier molecular flexibility index (Phi) is 8.70. The van der Waals surface area contributed by atoms with Crippen LogP contribution in [0.5, 0.6) is 0 Å². The molecule has 4 heteroatoms. The zero-order valence-electron chi connectivity index (χ0n) is 15.0. The molecule has 1 aromatic carbocycles. The normalized spacial score (nSPS) is 12.7. The summed E-state index contributed by atoms with van der Waals surface area (Å²) in [5.74, 6) is 0. The van der Waals surface area contributed by atoms with Gasteiger partial charge in [0.2, 0.25) is 0 Å². The van der Waals surface area contributed by atoms with Gasteiger partial charge in [0, 0.05) is 12.6 Å². The number of ether oxygens (including phenoxy) is 1. The molecule has 0 fully saturated rings. The maximum atomic E-state index is 11.6. The van der Waals surface area contributed by atoms with E-state index in [9.17, 15) is 4.79 Å². The smallest absolute Gasteiger partial charge is 0.407 e. The lowest BCUT2D eigenvalue weighted by Gasteiger charge is -2.20. The molecular weight excluding hydrogens is 288 g/mol. The Morgan fingerprint density at radius 3 is 2.43 bits per heavy atom. The van der Waals surface area contributed by atoms with Gasteiger partial charge in [0.1, 0.15) is 5.60 Å². The predicted octanol–water partition coefficient (Wildman–Crippen LogP) is 4.42. The Labute approximate surface area is 141 Å². The highest BCUT2D eigenvalue weighted by atomic mass is 16.6. The molecule has 4 nitrogen and oxygen atoms in total. The molecule has 1 rings (SSSR count). The number of carbonyl (C=O) groups excluding carboxylic acids is 1. The molecular formula is C19H32N2O2. The van der Waals surface area contributed by atoms with Gasteiger partial charge in [-0.25, -0.2) is 4.79 Å². The zero-order chi connectivity index (χ0) is 17.1. The fourth-order valence-corrected chi connectivity index (χ4v) is 2.35. The van der Waals surface area contributed by atoms with Crippen molar-refractivity contribution in [1.29, 1.82) is 0 Å². The Bertz CT molecular complexity index is 440. The number of amides is 1. The molecule has 0 aromatic heterocycles. The van der Waals surface area contributed by atoms with Crippen LogP contribution in [0, 0.1) is 0 Å². The average molecular weight is 320 g/mol. The molecule has 1 aromatic rings. The van der Waals surface area contributed by atoms with E-state index in [-0.39, 0.29) is 6.09 Å². The molecule has 0 aliphatic carbocycles. The largest absolute Gasteiger partial charge is 0.444 e. The SMILES string of the molecule is CCCCC(NCCCNC(=O)OC(C)(C)C)c1ccccc1. The maximum absolute atomic E-state index is 11.6. The average Bonchev–Trinajstić information content (AvgIpc) is 2.49. The van der Waals surface area contributed by atoms with Crippen LogP contribution in [-0.2, 0) is 4.74 Å². The van der Waals surface area contributed by atoms with Crippen molar-refractivity contribution in [2.45, 2.75) is 65.0 Å². The summed E-state index contributed by atoms with van der Waals surface area (Å²) >= 11 is 0. The van der Waals surface area contributed by atoms with E-state index in [0.29, 0.717) is 12.6 Å². The molecule has 0 heterocycles. The number of carbonyl (C=O) groups is 1. The first-order valence-corrected chi connectivity index (χ1v) is 8.67. The molecule has 1 amide bonds. The van der Waals surface area contributed by atoms with Crippen molar-refractivity contribution in [3.8, 4) is 0 Å². The van der Waals surface area contributed by atoms with E-state index >= 15 is 0 Å². The molecule has 0 aliphatic rings. The minimum atomic E-state index is -0.444. The third-order valence-electron chi connectivity index (χ3n) is 3.46. The monoisotopic (exact) mass is 320 g/mol. The van der Waals surface area contributed by atoms with Crippen LogP contribution in [0.15, 0.2) is 30.3 Å². The van der Waals surface area contributed by atoms with Crippen LogP contribution >= 0.6 is 0 Å². The van der Waals surface area contributed by atoms with Gasteiger partial charge in [0.25, 0.3) is 0 Å². The van der Waals surface area contributed by atoms with E-state index < -0.39 is 5.60 Å². The van der Waals surface area contributed by atoms with Crippen LogP contribution in [0.3, 0.4) is 0 Å². The summed E-state index contributed by atoms with van der Waals surface area (Å²) in [5.41, 5.74) is 0.891. The summed E-state index contributed by atoms with van der Waals surface area (Å²) in [5, 5.41) is 6.40. The van der Waals surface area contributed by atoms with Gasteiger partial charge in [-0.05, 0) is 45.7 Å².